The van der Waals surface area contributed by atoms with E-state index >= 15 is 0 Å². The largest absolute Gasteiger partial charge is 1.00 e. The zero-order chi connectivity index (χ0) is 11.3. The number of rotatable bonds is 5. The number of hydrogen-bond donors (Lipinski definition) is 1. The monoisotopic (exact) mass is 252 g/mol. The maximum Gasteiger partial charge on any atom is 1.00 e. The summed E-state index contributed by atoms with van der Waals surface area (Å²) in [4.78, 5) is 0.0427. The Morgan fingerprint density at radius 3 is 2.44 bits per heavy atom. The molecule has 0 spiro atoms. The van der Waals surface area contributed by atoms with E-state index in [-0.39, 0.29) is 35.9 Å². The van der Waals surface area contributed by atoms with Crippen LogP contribution in [0, 0.1) is 0 Å². The third kappa shape index (κ3) is 4.97. The topological polar surface area (TPSA) is 54.4 Å². The summed E-state index contributed by atoms with van der Waals surface area (Å²) >= 11 is 0. The quantitative estimate of drug-likeness (QED) is 0.448. The molecule has 0 heterocycles. The van der Waals surface area contributed by atoms with Crippen molar-refractivity contribution in [1.29, 1.82) is 0 Å². The molecule has 0 aliphatic carbocycles. The van der Waals surface area contributed by atoms with Gasteiger partial charge in [-0.25, -0.2) is 0 Å². The van der Waals surface area contributed by atoms with E-state index in [9.17, 15) is 8.42 Å². The minimum absolute atomic E-state index is 0. The number of benzene rings is 1. The molecule has 0 radical (unpaired) electrons. The fourth-order valence-corrected chi connectivity index (χ4v) is 2.28. The van der Waals surface area contributed by atoms with Crippen molar-refractivity contribution in [1.82, 2.24) is 0 Å². The predicted octanol–water partition coefficient (Wildman–Crippen LogP) is -0.217. The molecule has 0 unspecified atom stereocenters. The molecule has 16 heavy (non-hydrogen) atoms. The average molecular weight is 252 g/mol. The van der Waals surface area contributed by atoms with Crippen LogP contribution in [0.2, 0.25) is 0 Å². The second kappa shape index (κ2) is 7.45. The van der Waals surface area contributed by atoms with Gasteiger partial charge in [0.25, 0.3) is 10.1 Å². The molecule has 0 bridgehead atoms. The molecule has 0 amide bonds. The van der Waals surface area contributed by atoms with Gasteiger partial charge in [0.1, 0.15) is 0 Å². The first-order chi connectivity index (χ1) is 7.05. The van der Waals surface area contributed by atoms with Gasteiger partial charge in [0.15, 0.2) is 0 Å². The molecule has 0 fully saturated rings. The Morgan fingerprint density at radius 2 is 1.88 bits per heavy atom. The Bertz CT molecular complexity index is 420. The smallest absolute Gasteiger partial charge is 1.00 e. The van der Waals surface area contributed by atoms with E-state index < -0.39 is 10.1 Å². The summed E-state index contributed by atoms with van der Waals surface area (Å²) in [5.74, 6) is 0. The zero-order valence-corrected chi connectivity index (χ0v) is 12.6. The van der Waals surface area contributed by atoms with Crippen molar-refractivity contribution in [2.45, 2.75) is 37.5 Å². The van der Waals surface area contributed by atoms with E-state index in [1.54, 1.807) is 18.2 Å². The molecular formula is C11H17NaO3S. The van der Waals surface area contributed by atoms with E-state index in [4.69, 9.17) is 4.55 Å². The third-order valence-corrected chi connectivity index (χ3v) is 3.25. The van der Waals surface area contributed by atoms with E-state index in [0.29, 0.717) is 12.0 Å². The van der Waals surface area contributed by atoms with Gasteiger partial charge in [0.2, 0.25) is 0 Å². The summed E-state index contributed by atoms with van der Waals surface area (Å²) in [6.07, 6.45) is 3.81. The summed E-state index contributed by atoms with van der Waals surface area (Å²) in [5, 5.41) is 0. The molecule has 5 heteroatoms. The van der Waals surface area contributed by atoms with Crippen LogP contribution in [0.4, 0.5) is 0 Å². The Morgan fingerprint density at radius 1 is 1.25 bits per heavy atom. The van der Waals surface area contributed by atoms with Crippen LogP contribution in [0.1, 0.15) is 33.2 Å². The van der Waals surface area contributed by atoms with Crippen LogP contribution in [-0.4, -0.2) is 13.0 Å². The van der Waals surface area contributed by atoms with Crippen molar-refractivity contribution in [2.75, 3.05) is 0 Å². The van der Waals surface area contributed by atoms with Gasteiger partial charge in [-0.2, -0.15) is 8.42 Å². The molecule has 86 valence electrons. The summed E-state index contributed by atoms with van der Waals surface area (Å²) in [6.45, 7) is 2.09. The van der Waals surface area contributed by atoms with Crippen LogP contribution >= 0.6 is 0 Å². The first-order valence-corrected chi connectivity index (χ1v) is 6.55. The molecule has 0 aliphatic rings. The van der Waals surface area contributed by atoms with Gasteiger partial charge >= 0.3 is 29.6 Å². The maximum atomic E-state index is 11.0. The van der Waals surface area contributed by atoms with E-state index in [2.05, 4.69) is 6.92 Å². The third-order valence-electron chi connectivity index (χ3n) is 2.30. The van der Waals surface area contributed by atoms with Crippen molar-refractivity contribution in [3.8, 4) is 0 Å². The first kappa shape index (κ1) is 16.1. The minimum atomic E-state index is -4.07. The van der Waals surface area contributed by atoms with E-state index in [1.165, 1.54) is 6.07 Å². The predicted molar refractivity (Wildman–Crippen MR) is 60.6 cm³/mol. The number of aryl methyl sites for hydroxylation is 1. The van der Waals surface area contributed by atoms with Gasteiger partial charge in [0, 0.05) is 0 Å². The Kier molecular flexibility index (Phi) is 7.52. The van der Waals surface area contributed by atoms with E-state index in [0.717, 1.165) is 19.3 Å². The van der Waals surface area contributed by atoms with Gasteiger partial charge in [-0.15, -0.1) is 0 Å². The average Bonchev–Trinajstić information content (AvgIpc) is 2.17. The van der Waals surface area contributed by atoms with Crippen molar-refractivity contribution < 1.29 is 44.0 Å². The SMILES string of the molecule is CCCCCc1ccccc1S(=O)(=O)O.[H-].[Na+]. The van der Waals surface area contributed by atoms with Crippen molar-refractivity contribution in [2.24, 2.45) is 0 Å². The second-order valence-corrected chi connectivity index (χ2v) is 4.93. The molecule has 0 saturated heterocycles. The molecule has 1 N–H and O–H groups in total. The Labute approximate surface area is 121 Å². The van der Waals surface area contributed by atoms with Crippen LogP contribution in [0.5, 0.6) is 0 Å². The van der Waals surface area contributed by atoms with Crippen LogP contribution in [-0.2, 0) is 16.5 Å². The molecule has 3 nitrogen and oxygen atoms in total. The zero-order valence-electron chi connectivity index (χ0n) is 10.8. The molecule has 0 aliphatic heterocycles. The van der Waals surface area contributed by atoms with Gasteiger partial charge in [0.05, 0.1) is 4.90 Å². The fourth-order valence-electron chi connectivity index (χ4n) is 1.53. The summed E-state index contributed by atoms with van der Waals surface area (Å²) in [6, 6.07) is 6.59. The molecule has 1 rings (SSSR count). The van der Waals surface area contributed by atoms with Crippen LogP contribution in [0.3, 0.4) is 0 Å². The number of hydrogen-bond acceptors (Lipinski definition) is 2. The summed E-state index contributed by atoms with van der Waals surface area (Å²) in [5.41, 5.74) is 0.702. The normalized spacial score (nSPS) is 10.9. The fraction of sp³-hybridized carbons (Fsp3) is 0.455. The van der Waals surface area contributed by atoms with Gasteiger partial charge < -0.3 is 1.43 Å². The Balaban J connectivity index is 0. The van der Waals surface area contributed by atoms with Gasteiger partial charge in [-0.05, 0) is 24.5 Å². The number of unbranched alkanes of at least 4 members (excludes halogenated alkanes) is 2. The summed E-state index contributed by atoms with van der Waals surface area (Å²) < 4.78 is 31.1. The standard InChI is InChI=1S/C11H16O3S.Na.H/c1-2-3-4-7-10-8-5-6-9-11(10)15(12,13)14;;/h5-6,8-9H,2-4,7H2,1H3,(H,12,13,14);;/q;+1;-1. The molecule has 0 atom stereocenters. The second-order valence-electron chi connectivity index (χ2n) is 3.54. The minimum Gasteiger partial charge on any atom is -1.00 e. The van der Waals surface area contributed by atoms with Crippen molar-refractivity contribution in [3.05, 3.63) is 29.8 Å². The first-order valence-electron chi connectivity index (χ1n) is 5.11. The molecule has 1 aromatic carbocycles. The van der Waals surface area contributed by atoms with Gasteiger partial charge in [-0.3, -0.25) is 4.55 Å². The molecular weight excluding hydrogens is 235 g/mol. The molecule has 0 aromatic heterocycles. The van der Waals surface area contributed by atoms with E-state index in [1.807, 2.05) is 0 Å². The maximum absolute atomic E-state index is 11.0. The summed E-state index contributed by atoms with van der Waals surface area (Å²) in [7, 11) is -4.07. The van der Waals surface area contributed by atoms with Crippen molar-refractivity contribution >= 4 is 10.1 Å². The van der Waals surface area contributed by atoms with Crippen molar-refractivity contribution in [3.63, 3.8) is 0 Å². The van der Waals surface area contributed by atoms with Crippen LogP contribution in [0.15, 0.2) is 29.2 Å². The molecule has 1 aromatic rings. The van der Waals surface area contributed by atoms with Gasteiger partial charge in [-0.1, -0.05) is 38.0 Å². The van der Waals surface area contributed by atoms with Crippen LogP contribution < -0.4 is 29.6 Å². The molecule has 0 saturated carbocycles. The Hall–Kier alpha value is 0.130. The van der Waals surface area contributed by atoms with Crippen LogP contribution in [0.25, 0.3) is 0 Å².